The zero-order valence-electron chi connectivity index (χ0n) is 24.8. The molecule has 0 N–H and O–H groups in total. The van der Waals surface area contributed by atoms with E-state index in [2.05, 4.69) is 9.80 Å². The van der Waals surface area contributed by atoms with Gasteiger partial charge in [0.05, 0.1) is 16.9 Å². The van der Waals surface area contributed by atoms with Crippen molar-refractivity contribution in [3.63, 3.8) is 0 Å². The molecule has 0 amide bonds. The fourth-order valence-corrected chi connectivity index (χ4v) is 6.81. The summed E-state index contributed by atoms with van der Waals surface area (Å²) >= 11 is 6.67. The number of ether oxygens (including phenoxy) is 1. The van der Waals surface area contributed by atoms with Gasteiger partial charge in [-0.05, 0) is 61.9 Å². The monoisotopic (exact) mass is 689 g/mol. The number of thiocarbonyl (C=S) groups is 1. The number of nitrogens with zero attached hydrogens (tertiary/aromatic N) is 3. The van der Waals surface area contributed by atoms with Crippen LogP contribution >= 0.6 is 24.0 Å². The summed E-state index contributed by atoms with van der Waals surface area (Å²) in [5.74, 6) is -10.7. The topological polar surface area (TPSA) is 19.0 Å². The molecular formula is C32H31F8N3OS2. The molecule has 2 heterocycles. The maximum absolute atomic E-state index is 14.0. The molecule has 14 heteroatoms. The highest BCUT2D eigenvalue weighted by atomic mass is 32.2. The van der Waals surface area contributed by atoms with Crippen molar-refractivity contribution in [3.05, 3.63) is 82.7 Å². The van der Waals surface area contributed by atoms with Gasteiger partial charge in [-0.2, -0.15) is 13.2 Å². The normalized spacial score (nSPS) is 16.2. The molecule has 46 heavy (non-hydrogen) atoms. The summed E-state index contributed by atoms with van der Waals surface area (Å²) < 4.78 is 115. The standard InChI is InChI=1S/C32H31F8N3OS2/c1-19(17-21-26(33)28(35)30(37)29(36)27(21)34)31(45)44-16-15-42-13-11-41(12-14-42)9-4-10-43-22-5-2-3-6-24(22)46-25-8-7-20(18-23(25)43)32(38,39)40/h2-3,5-8,18-19H,4,9-17H2,1H3. The number of hydrogen-bond donors (Lipinski definition) is 0. The average Bonchev–Trinajstić information content (AvgIpc) is 3.04. The first kappa shape index (κ1) is 34.4. The molecule has 4 nitrogen and oxygen atoms in total. The Bertz CT molecular complexity index is 1550. The molecule has 1 unspecified atom stereocenters. The van der Waals surface area contributed by atoms with E-state index in [0.29, 0.717) is 18.8 Å². The maximum atomic E-state index is 14.0. The average molecular weight is 690 g/mol. The minimum atomic E-state index is -4.43. The van der Waals surface area contributed by atoms with E-state index in [1.54, 1.807) is 0 Å². The second-order valence-corrected chi connectivity index (χ2v) is 12.7. The molecule has 2 aliphatic rings. The Morgan fingerprint density at radius 2 is 1.39 bits per heavy atom. The number of anilines is 2. The van der Waals surface area contributed by atoms with E-state index >= 15 is 0 Å². The highest BCUT2D eigenvalue weighted by Gasteiger charge is 2.33. The molecule has 0 saturated carbocycles. The molecule has 0 aromatic heterocycles. The Morgan fingerprint density at radius 1 is 0.804 bits per heavy atom. The van der Waals surface area contributed by atoms with Crippen molar-refractivity contribution in [1.29, 1.82) is 0 Å². The number of halogens is 8. The first-order valence-corrected chi connectivity index (χ1v) is 15.9. The molecule has 0 bridgehead atoms. The van der Waals surface area contributed by atoms with Crippen LogP contribution in [0.1, 0.15) is 24.5 Å². The lowest BCUT2D eigenvalue weighted by molar-refractivity contribution is -0.137. The lowest BCUT2D eigenvalue weighted by atomic mass is 10.00. The Kier molecular flexibility index (Phi) is 10.8. The Labute approximate surface area is 271 Å². The molecule has 5 rings (SSSR count). The van der Waals surface area contributed by atoms with Crippen LogP contribution in [0, 0.1) is 35.0 Å². The van der Waals surface area contributed by atoms with Gasteiger partial charge in [0.25, 0.3) is 0 Å². The van der Waals surface area contributed by atoms with Crippen LogP contribution in [-0.2, 0) is 17.3 Å². The van der Waals surface area contributed by atoms with Gasteiger partial charge >= 0.3 is 6.18 Å². The van der Waals surface area contributed by atoms with E-state index in [4.69, 9.17) is 17.0 Å². The minimum absolute atomic E-state index is 0.0178. The van der Waals surface area contributed by atoms with Crippen LogP contribution in [0.15, 0.2) is 52.3 Å². The van der Waals surface area contributed by atoms with E-state index in [1.807, 2.05) is 29.2 Å². The first-order chi connectivity index (χ1) is 21.8. The Hall–Kier alpha value is -2.94. The minimum Gasteiger partial charge on any atom is -0.485 e. The van der Waals surface area contributed by atoms with Crippen LogP contribution in [-0.4, -0.2) is 67.3 Å². The van der Waals surface area contributed by atoms with E-state index in [0.717, 1.165) is 60.7 Å². The van der Waals surface area contributed by atoms with Crippen LogP contribution in [0.4, 0.5) is 46.5 Å². The van der Waals surface area contributed by atoms with Gasteiger partial charge in [0.2, 0.25) is 5.82 Å². The fraction of sp³-hybridized carbons (Fsp3) is 0.406. The second kappa shape index (κ2) is 14.4. The summed E-state index contributed by atoms with van der Waals surface area (Å²) in [6, 6.07) is 11.6. The Balaban J connectivity index is 1.07. The summed E-state index contributed by atoms with van der Waals surface area (Å²) in [4.78, 5) is 8.22. The van der Waals surface area contributed by atoms with Gasteiger partial charge in [-0.25, -0.2) is 22.0 Å². The molecule has 0 spiro atoms. The molecule has 3 aromatic rings. The predicted octanol–water partition coefficient (Wildman–Crippen LogP) is 8.23. The summed E-state index contributed by atoms with van der Waals surface area (Å²) in [7, 11) is 0. The van der Waals surface area contributed by atoms with E-state index in [9.17, 15) is 35.1 Å². The molecule has 1 atom stereocenters. The van der Waals surface area contributed by atoms with E-state index in [-0.39, 0.29) is 11.7 Å². The van der Waals surface area contributed by atoms with Crippen LogP contribution < -0.4 is 4.90 Å². The van der Waals surface area contributed by atoms with Crippen molar-refractivity contribution in [1.82, 2.24) is 9.80 Å². The lowest BCUT2D eigenvalue weighted by Gasteiger charge is -2.36. The number of para-hydroxylation sites is 1. The molecule has 2 aliphatic heterocycles. The lowest BCUT2D eigenvalue weighted by Crippen LogP contribution is -2.47. The number of hydrogen-bond acceptors (Lipinski definition) is 6. The summed E-state index contributed by atoms with van der Waals surface area (Å²) in [6.45, 7) is 6.60. The molecule has 3 aromatic carbocycles. The van der Waals surface area contributed by atoms with Gasteiger partial charge < -0.3 is 14.5 Å². The summed E-state index contributed by atoms with van der Waals surface area (Å²) in [5, 5.41) is 0.0178. The third-order valence-corrected chi connectivity index (χ3v) is 9.79. The van der Waals surface area contributed by atoms with E-state index in [1.165, 1.54) is 30.8 Å². The predicted molar refractivity (Wildman–Crippen MR) is 164 cm³/mol. The number of rotatable bonds is 10. The number of alkyl halides is 3. The molecule has 248 valence electrons. The molecule has 1 saturated heterocycles. The van der Waals surface area contributed by atoms with Crippen LogP contribution in [0.5, 0.6) is 0 Å². The zero-order valence-corrected chi connectivity index (χ0v) is 26.4. The smallest absolute Gasteiger partial charge is 0.416 e. The van der Waals surface area contributed by atoms with Crippen molar-refractivity contribution in [2.75, 3.05) is 57.3 Å². The Morgan fingerprint density at radius 3 is 2.04 bits per heavy atom. The van der Waals surface area contributed by atoms with Gasteiger partial charge in [-0.1, -0.05) is 30.8 Å². The number of benzene rings is 3. The quantitative estimate of drug-likeness (QED) is 0.0918. The van der Waals surface area contributed by atoms with Gasteiger partial charge in [0.1, 0.15) is 6.61 Å². The number of piperazine rings is 1. The fourth-order valence-electron chi connectivity index (χ4n) is 5.57. The molecule has 1 fully saturated rings. The molecular weight excluding hydrogens is 658 g/mol. The van der Waals surface area contributed by atoms with Gasteiger partial charge in [0, 0.05) is 60.5 Å². The van der Waals surface area contributed by atoms with Crippen molar-refractivity contribution < 1.29 is 39.9 Å². The number of fused-ring (bicyclic) bond motifs is 2. The highest BCUT2D eigenvalue weighted by molar-refractivity contribution is 7.99. The van der Waals surface area contributed by atoms with Crippen LogP contribution in [0.2, 0.25) is 0 Å². The third-order valence-electron chi connectivity index (χ3n) is 8.14. The van der Waals surface area contributed by atoms with Gasteiger partial charge in [0.15, 0.2) is 28.3 Å². The van der Waals surface area contributed by atoms with Crippen molar-refractivity contribution in [3.8, 4) is 0 Å². The van der Waals surface area contributed by atoms with Crippen LogP contribution in [0.25, 0.3) is 0 Å². The van der Waals surface area contributed by atoms with Gasteiger partial charge in [-0.15, -0.1) is 0 Å². The molecule has 0 aliphatic carbocycles. The maximum Gasteiger partial charge on any atom is 0.416 e. The van der Waals surface area contributed by atoms with Crippen LogP contribution in [0.3, 0.4) is 0 Å². The largest absolute Gasteiger partial charge is 0.485 e. The summed E-state index contributed by atoms with van der Waals surface area (Å²) in [6.07, 6.45) is -4.19. The van der Waals surface area contributed by atoms with Crippen molar-refractivity contribution in [2.45, 2.75) is 35.7 Å². The molecule has 0 radical (unpaired) electrons. The second-order valence-electron chi connectivity index (χ2n) is 11.3. The SMILES string of the molecule is CC(Cc1c(F)c(F)c(F)c(F)c1F)C(=S)OCCN1CCN(CCCN2c3ccccc3Sc3ccc(C(F)(F)F)cc32)CC1. The highest BCUT2D eigenvalue weighted by Crippen LogP contribution is 2.49. The third kappa shape index (κ3) is 7.61. The summed E-state index contributed by atoms with van der Waals surface area (Å²) in [5.41, 5.74) is -0.149. The first-order valence-electron chi connectivity index (χ1n) is 14.7. The van der Waals surface area contributed by atoms with Gasteiger partial charge in [-0.3, -0.25) is 4.90 Å². The van der Waals surface area contributed by atoms with E-state index < -0.39 is 58.7 Å². The van der Waals surface area contributed by atoms with Crippen molar-refractivity contribution in [2.24, 2.45) is 5.92 Å². The van der Waals surface area contributed by atoms with Crippen molar-refractivity contribution >= 4 is 40.4 Å². The zero-order chi connectivity index (χ0) is 33.2.